The van der Waals surface area contributed by atoms with Gasteiger partial charge in [0.1, 0.15) is 12.2 Å². The summed E-state index contributed by atoms with van der Waals surface area (Å²) in [5, 5.41) is 0. The van der Waals surface area contributed by atoms with Gasteiger partial charge in [0.2, 0.25) is 0 Å². The van der Waals surface area contributed by atoms with Crippen LogP contribution in [0.15, 0.2) is 135 Å². The molecule has 0 heterocycles. The molecule has 0 aliphatic heterocycles. The van der Waals surface area contributed by atoms with Gasteiger partial charge in [-0.05, 0) is 192 Å². The zero-order chi connectivity index (χ0) is 65.0. The first kappa shape index (κ1) is 81.3. The maximum atomic E-state index is 13.7. The van der Waals surface area contributed by atoms with Gasteiger partial charge in [0.25, 0.3) is 0 Å². The fourth-order valence-corrected chi connectivity index (χ4v) is 11.9. The van der Waals surface area contributed by atoms with Crippen LogP contribution in [0, 0.1) is 35.3 Å². The number of allylic oxidation sites excluding steroid dienone is 20. The number of carbonyl (C=O) groups excluding carboxylic acids is 3. The normalized spacial score (nSPS) is 13.4. The van der Waals surface area contributed by atoms with Crippen LogP contribution < -0.4 is 9.47 Å². The van der Waals surface area contributed by atoms with Gasteiger partial charge in [-0.1, -0.05) is 117 Å². The van der Waals surface area contributed by atoms with Crippen molar-refractivity contribution < 1.29 is 41.7 Å². The fraction of sp³-hybridized carbons (Fsp3) is 0.519. The van der Waals surface area contributed by atoms with Gasteiger partial charge in [-0.25, -0.2) is 0 Å². The number of esters is 2. The number of hydrogen-bond donors (Lipinski definition) is 0. The van der Waals surface area contributed by atoms with E-state index in [1.54, 1.807) is 6.92 Å². The minimum atomic E-state index is -2.15. The summed E-state index contributed by atoms with van der Waals surface area (Å²) in [7, 11) is 16.8. The molecule has 0 aliphatic rings. The van der Waals surface area contributed by atoms with Crippen LogP contribution in [0.5, 0.6) is 17.2 Å². The molecule has 2 aromatic carbocycles. The second-order valence-electron chi connectivity index (χ2n) is 25.0. The third kappa shape index (κ3) is 35.1. The van der Waals surface area contributed by atoms with E-state index in [1.165, 1.54) is 62.2 Å². The van der Waals surface area contributed by atoms with E-state index in [2.05, 4.69) is 148 Å². The molecule has 0 bridgehead atoms. The van der Waals surface area contributed by atoms with Crippen molar-refractivity contribution in [2.24, 2.45) is 0 Å². The van der Waals surface area contributed by atoms with E-state index in [4.69, 9.17) is 28.9 Å². The Kier molecular flexibility index (Phi) is 42.1. The van der Waals surface area contributed by atoms with Gasteiger partial charge in [0.05, 0.1) is 0 Å². The van der Waals surface area contributed by atoms with Crippen LogP contribution in [0.1, 0.15) is 265 Å². The van der Waals surface area contributed by atoms with Crippen LogP contribution in [0.3, 0.4) is 0 Å². The number of ketones is 1. The Morgan fingerprint density at radius 1 is 0.511 bits per heavy atom. The molecular formula is C79H117Cl2O6Ru-. The molecule has 88 heavy (non-hydrogen) atoms. The van der Waals surface area contributed by atoms with Crippen molar-refractivity contribution >= 4 is 41.7 Å². The molecule has 492 valence electrons. The van der Waals surface area contributed by atoms with Gasteiger partial charge in [-0.3, -0.25) is 9.59 Å². The van der Waals surface area contributed by atoms with Crippen LogP contribution in [0.2, 0.25) is 0 Å². The first-order valence-corrected chi connectivity index (χ1v) is 37.8. The Hall–Kier alpha value is -4.68. The van der Waals surface area contributed by atoms with Gasteiger partial charge >= 0.3 is 205 Å². The monoisotopic (exact) mass is 1330 g/mol. The summed E-state index contributed by atoms with van der Waals surface area (Å²) in [6.45, 7) is 36.1. The summed E-state index contributed by atoms with van der Waals surface area (Å²) in [4.78, 5) is 38.8. The minimum absolute atomic E-state index is 0. The number of aryl methyl sites for hydroxylation is 1. The largest absolute Gasteiger partial charge is 0.358 e. The average molecular weight is 1330 g/mol. The smallest absolute Gasteiger partial charge is 0.358 e. The molecule has 0 aliphatic carbocycles. The molecule has 0 fully saturated rings. The van der Waals surface area contributed by atoms with Crippen molar-refractivity contribution in [3.05, 3.63) is 183 Å². The number of halogens is 2. The van der Waals surface area contributed by atoms with Crippen molar-refractivity contribution in [1.29, 1.82) is 0 Å². The predicted octanol–water partition coefficient (Wildman–Crippen LogP) is 24.5. The number of benzene rings is 2. The second-order valence-corrected chi connectivity index (χ2v) is 30.7. The Balaban J connectivity index is 0.0000387. The molecule has 6 nitrogen and oxygen atoms in total. The first-order valence-electron chi connectivity index (χ1n) is 32.3. The summed E-state index contributed by atoms with van der Waals surface area (Å²) >= 11 is -2.15. The van der Waals surface area contributed by atoms with Crippen molar-refractivity contribution in [3.63, 3.8) is 0 Å². The van der Waals surface area contributed by atoms with Gasteiger partial charge in [0.15, 0.2) is 0 Å². The summed E-state index contributed by atoms with van der Waals surface area (Å²) in [6.07, 6.45) is 44.7. The van der Waals surface area contributed by atoms with Crippen molar-refractivity contribution in [1.82, 2.24) is 0 Å². The molecule has 0 atom stereocenters. The van der Waals surface area contributed by atoms with Gasteiger partial charge in [-0.2, -0.15) is 0 Å². The van der Waals surface area contributed by atoms with E-state index in [1.807, 2.05) is 57.4 Å². The topological polar surface area (TPSA) is 72.4 Å². The van der Waals surface area contributed by atoms with Crippen LogP contribution in [0.4, 0.5) is 0 Å². The van der Waals surface area contributed by atoms with Crippen LogP contribution in [0.25, 0.3) is 0 Å². The molecule has 0 N–H and O–H groups in total. The predicted molar refractivity (Wildman–Crippen MR) is 381 cm³/mol. The Morgan fingerprint density at radius 3 is 1.22 bits per heavy atom. The molecule has 0 saturated carbocycles. The van der Waals surface area contributed by atoms with Gasteiger partial charge in [-0.15, -0.1) is 0 Å². The maximum Gasteiger partial charge on any atom is -0.358 e. The molecule has 0 saturated heterocycles. The molecule has 2 aromatic rings. The van der Waals surface area contributed by atoms with Gasteiger partial charge in [0, 0.05) is 6.42 Å². The zero-order valence-corrected chi connectivity index (χ0v) is 61.4. The quantitative estimate of drug-likeness (QED) is 0.0126. The van der Waals surface area contributed by atoms with Gasteiger partial charge < -0.3 is 12.2 Å². The van der Waals surface area contributed by atoms with E-state index in [0.717, 1.165) is 132 Å². The van der Waals surface area contributed by atoms with Crippen molar-refractivity contribution in [2.45, 2.75) is 271 Å². The fourth-order valence-electron chi connectivity index (χ4n) is 10.1. The number of ether oxygens (including phenoxy) is 2. The van der Waals surface area contributed by atoms with E-state index < -0.39 is 19.5 Å². The maximum absolute atomic E-state index is 13.7. The average Bonchev–Trinajstić information content (AvgIpc) is 1.84. The number of carbonyl (C=O) groups is 3. The Bertz CT molecular complexity index is 2900. The molecule has 0 aromatic heterocycles. The molecule has 0 unspecified atom stereocenters. The van der Waals surface area contributed by atoms with Crippen LogP contribution >= 0.6 is 19.4 Å². The molecular weight excluding hydrogens is 1220 g/mol. The standard InChI is InChI=1S/C78H114O6.CH3.2ClH.Ru/c1-20-72(79)55-76(81)83-77-68(16)69(17)78(82-75(80)53-50-71-49-52-74(67(15)54-71)84(19)57(4)5)73(70(77)18)51-48-66(14)47-29-46-65(13)45-28-44-64(12)43-27-42-63(11)41-26-40-62(10)39-25-38-61(9)37-24-36-60(8)35-23-34-59(7)33-22-32-58(6)31-21-30-56(2)3;;;;/h15,30,32,34,36,38,40,42,44,46,48-49,52,54,57H,19-29,31,33,35,37,39,41,43,45,47,50-51,53,55H2,1-14,16-18H3;1H3;2*1H;/q;-1;;;+2/p-2/b58-32+,59-34+,60-36+,61-38+,62-40+,63-42+,64-44+,65-46+,66-48+;;;;. The Morgan fingerprint density at radius 2 is 0.864 bits per heavy atom. The van der Waals surface area contributed by atoms with Crippen molar-refractivity contribution in [3.8, 4) is 17.2 Å². The zero-order valence-electron chi connectivity index (χ0n) is 58.2. The molecule has 2 rings (SSSR count). The summed E-state index contributed by atoms with van der Waals surface area (Å²) in [6, 6.07) is 5.95. The summed E-state index contributed by atoms with van der Waals surface area (Å²) in [5.41, 5.74) is 19.2. The number of Topliss-reactive ketones (excluding diaryl/α,β-unsaturated/α-hetero) is 1. The third-order valence-corrected chi connectivity index (χ3v) is 18.0. The minimum Gasteiger partial charge on any atom is -0.358 e. The van der Waals surface area contributed by atoms with Crippen LogP contribution in [-0.2, 0) is 45.1 Å². The third-order valence-electron chi connectivity index (χ3n) is 16.2. The summed E-state index contributed by atoms with van der Waals surface area (Å²) < 4.78 is 16.9. The Labute approximate surface area is 551 Å². The summed E-state index contributed by atoms with van der Waals surface area (Å²) in [5.74, 6) is 0.576. The van der Waals surface area contributed by atoms with E-state index in [9.17, 15) is 14.4 Å². The number of hydrogen-bond acceptors (Lipinski definition) is 5. The number of rotatable bonds is 40. The molecule has 0 radical (unpaired) electrons. The van der Waals surface area contributed by atoms with E-state index in [0.29, 0.717) is 41.0 Å². The SMILES string of the molecule is [CH2-][O+](c1ccc(CCC(=O)Oc2c(C)c(C)c(OC(=O)CC(=O)CC)c(C)c2C/C=C(\C)CC/C=C(\C)CC/C=C(\C)CC/C=C(\C)CC/C=C(\C)CC/C=C(\C)CC/C=C(\C)CC/C=C(\C)CC/C=C(\C)CCC=C(C)C)cc1[CH]=[Ru]([Cl])[Cl])C(C)C.[CH3-]. The molecule has 0 spiro atoms. The van der Waals surface area contributed by atoms with E-state index >= 15 is 0 Å². The van der Waals surface area contributed by atoms with Crippen LogP contribution in [-0.4, -0.2) is 28.4 Å². The van der Waals surface area contributed by atoms with E-state index in [-0.39, 0.29) is 44.5 Å². The molecule has 9 heteroatoms. The molecule has 0 amide bonds. The first-order chi connectivity index (χ1) is 41.2. The second kappa shape index (κ2) is 45.6. The van der Waals surface area contributed by atoms with Crippen molar-refractivity contribution in [2.75, 3.05) is 0 Å².